The molecule has 0 fully saturated rings. The molecule has 0 unspecified atom stereocenters. The summed E-state index contributed by atoms with van der Waals surface area (Å²) >= 11 is 1.42. The lowest BCUT2D eigenvalue weighted by atomic mass is 10.2. The van der Waals surface area contributed by atoms with Crippen LogP contribution >= 0.6 is 11.8 Å². The molecule has 0 spiro atoms. The van der Waals surface area contributed by atoms with E-state index in [1.165, 1.54) is 11.8 Å². The molecule has 0 aliphatic rings. The van der Waals surface area contributed by atoms with Gasteiger partial charge in [0, 0.05) is 19.3 Å². The second kappa shape index (κ2) is 8.92. The van der Waals surface area contributed by atoms with Crippen LogP contribution in [0.5, 0.6) is 5.75 Å². The molecule has 0 aliphatic carbocycles. The molecule has 1 amide bonds. The van der Waals surface area contributed by atoms with Gasteiger partial charge in [0.2, 0.25) is 5.91 Å². The number of hydrogen-bond acceptors (Lipinski definition) is 5. The molecular formula is C18H25N3O3S. The highest BCUT2D eigenvalue weighted by molar-refractivity contribution is 7.99. The van der Waals surface area contributed by atoms with E-state index in [9.17, 15) is 4.79 Å². The lowest BCUT2D eigenvalue weighted by Gasteiger charge is -2.11. The summed E-state index contributed by atoms with van der Waals surface area (Å²) in [6, 6.07) is 5.69. The van der Waals surface area contributed by atoms with Crippen molar-refractivity contribution in [3.63, 3.8) is 0 Å². The number of amides is 1. The Kier molecular flexibility index (Phi) is 6.90. The molecule has 136 valence electrons. The molecule has 6 nitrogen and oxygen atoms in total. The number of nitrogens with one attached hydrogen (secondary N) is 1. The summed E-state index contributed by atoms with van der Waals surface area (Å²) in [7, 11) is 3.27. The maximum atomic E-state index is 12.3. The highest BCUT2D eigenvalue weighted by atomic mass is 32.2. The highest BCUT2D eigenvalue weighted by Crippen LogP contribution is 2.26. The van der Waals surface area contributed by atoms with Gasteiger partial charge in [-0.1, -0.05) is 17.8 Å². The third kappa shape index (κ3) is 4.99. The number of carbonyl (C=O) groups is 1. The Morgan fingerprint density at radius 2 is 2.04 bits per heavy atom. The van der Waals surface area contributed by atoms with Crippen molar-refractivity contribution in [1.29, 1.82) is 0 Å². The van der Waals surface area contributed by atoms with Crippen LogP contribution in [0.4, 0.5) is 5.69 Å². The van der Waals surface area contributed by atoms with Gasteiger partial charge in [-0.3, -0.25) is 4.79 Å². The Morgan fingerprint density at radius 1 is 1.28 bits per heavy atom. The number of benzene rings is 1. The number of imidazole rings is 1. The van der Waals surface area contributed by atoms with Crippen LogP contribution < -0.4 is 10.1 Å². The van der Waals surface area contributed by atoms with E-state index in [1.54, 1.807) is 14.2 Å². The molecule has 1 aromatic carbocycles. The number of thioether (sulfide) groups is 1. The van der Waals surface area contributed by atoms with Crippen molar-refractivity contribution in [2.45, 2.75) is 32.5 Å². The van der Waals surface area contributed by atoms with E-state index in [0.717, 1.165) is 28.7 Å². The normalized spacial score (nSPS) is 10.8. The maximum Gasteiger partial charge on any atom is 0.234 e. The van der Waals surface area contributed by atoms with Crippen LogP contribution in [-0.2, 0) is 16.1 Å². The van der Waals surface area contributed by atoms with Gasteiger partial charge in [-0.2, -0.15) is 0 Å². The zero-order valence-electron chi connectivity index (χ0n) is 15.4. The monoisotopic (exact) mass is 363 g/mol. The Labute approximate surface area is 152 Å². The van der Waals surface area contributed by atoms with Gasteiger partial charge >= 0.3 is 0 Å². The zero-order valence-corrected chi connectivity index (χ0v) is 16.2. The molecule has 25 heavy (non-hydrogen) atoms. The van der Waals surface area contributed by atoms with Gasteiger partial charge in [-0.15, -0.1) is 0 Å². The third-order valence-electron chi connectivity index (χ3n) is 3.90. The third-order valence-corrected chi connectivity index (χ3v) is 4.88. The van der Waals surface area contributed by atoms with Crippen molar-refractivity contribution in [2.24, 2.45) is 0 Å². The topological polar surface area (TPSA) is 65.4 Å². The molecule has 1 heterocycles. The van der Waals surface area contributed by atoms with Crippen LogP contribution in [0.25, 0.3) is 0 Å². The van der Waals surface area contributed by atoms with E-state index < -0.39 is 0 Å². The first kappa shape index (κ1) is 19.3. The predicted molar refractivity (Wildman–Crippen MR) is 101 cm³/mol. The van der Waals surface area contributed by atoms with Crippen LogP contribution in [0.3, 0.4) is 0 Å². The van der Waals surface area contributed by atoms with Crippen molar-refractivity contribution < 1.29 is 14.3 Å². The lowest BCUT2D eigenvalue weighted by Crippen LogP contribution is -2.16. The predicted octanol–water partition coefficient (Wildman–Crippen LogP) is 3.19. The van der Waals surface area contributed by atoms with Gasteiger partial charge in [0.05, 0.1) is 30.9 Å². The number of ether oxygens (including phenoxy) is 2. The van der Waals surface area contributed by atoms with Crippen LogP contribution in [0.2, 0.25) is 0 Å². The van der Waals surface area contributed by atoms with E-state index in [-0.39, 0.29) is 11.7 Å². The van der Waals surface area contributed by atoms with Gasteiger partial charge < -0.3 is 19.4 Å². The van der Waals surface area contributed by atoms with Crippen LogP contribution in [0, 0.1) is 20.8 Å². The number of aryl methyl sites for hydroxylation is 2. The fraction of sp³-hybridized carbons (Fsp3) is 0.444. The highest BCUT2D eigenvalue weighted by Gasteiger charge is 2.14. The Bertz CT molecular complexity index is 743. The second-order valence-corrected chi connectivity index (χ2v) is 6.69. The molecule has 1 aromatic heterocycles. The van der Waals surface area contributed by atoms with E-state index in [4.69, 9.17) is 9.47 Å². The van der Waals surface area contributed by atoms with Crippen molar-refractivity contribution in [3.05, 3.63) is 35.2 Å². The fourth-order valence-electron chi connectivity index (χ4n) is 2.42. The summed E-state index contributed by atoms with van der Waals surface area (Å²) < 4.78 is 12.5. The van der Waals surface area contributed by atoms with Crippen molar-refractivity contribution in [1.82, 2.24) is 9.55 Å². The molecule has 1 N–H and O–H groups in total. The quantitative estimate of drug-likeness (QED) is 0.730. The first-order valence-electron chi connectivity index (χ1n) is 8.06. The number of rotatable bonds is 8. The van der Waals surface area contributed by atoms with E-state index in [1.807, 2.05) is 39.0 Å². The number of carbonyl (C=O) groups excluding carboxylic acids is 1. The average molecular weight is 363 g/mol. The van der Waals surface area contributed by atoms with Crippen molar-refractivity contribution in [3.8, 4) is 5.75 Å². The molecule has 0 atom stereocenters. The summed E-state index contributed by atoms with van der Waals surface area (Å²) in [6.45, 7) is 7.30. The number of hydrogen-bond donors (Lipinski definition) is 1. The Hall–Kier alpha value is -1.99. The number of nitrogens with zero attached hydrogens (tertiary/aromatic N) is 2. The molecular weight excluding hydrogens is 338 g/mol. The summed E-state index contributed by atoms with van der Waals surface area (Å²) in [5.74, 6) is 0.836. The van der Waals surface area contributed by atoms with Crippen LogP contribution in [0.1, 0.15) is 17.0 Å². The number of anilines is 1. The minimum Gasteiger partial charge on any atom is -0.495 e. The molecule has 0 saturated carbocycles. The van der Waals surface area contributed by atoms with Crippen LogP contribution in [0.15, 0.2) is 23.4 Å². The SMILES string of the molecule is COCCn1c(SCC(=O)Nc2cc(C)ccc2OC)nc(C)c1C. The van der Waals surface area contributed by atoms with E-state index in [2.05, 4.69) is 14.9 Å². The Morgan fingerprint density at radius 3 is 2.72 bits per heavy atom. The summed E-state index contributed by atoms with van der Waals surface area (Å²) in [6.07, 6.45) is 0. The van der Waals surface area contributed by atoms with Gasteiger partial charge in [0.25, 0.3) is 0 Å². The van der Waals surface area contributed by atoms with Gasteiger partial charge in [-0.05, 0) is 38.5 Å². The lowest BCUT2D eigenvalue weighted by molar-refractivity contribution is -0.113. The van der Waals surface area contributed by atoms with Crippen LogP contribution in [-0.4, -0.2) is 42.0 Å². The maximum absolute atomic E-state index is 12.3. The van der Waals surface area contributed by atoms with Gasteiger partial charge in [0.1, 0.15) is 5.75 Å². The molecule has 2 aromatic rings. The molecule has 0 aliphatic heterocycles. The molecule has 0 bridgehead atoms. The average Bonchev–Trinajstić information content (AvgIpc) is 2.85. The van der Waals surface area contributed by atoms with Crippen molar-refractivity contribution >= 4 is 23.4 Å². The summed E-state index contributed by atoms with van der Waals surface area (Å²) in [5.41, 5.74) is 3.81. The molecule has 2 rings (SSSR count). The molecule has 7 heteroatoms. The standard InChI is InChI=1S/C18H25N3O3S/c1-12-6-7-16(24-5)15(10-12)20-17(22)11-25-18-19-13(2)14(3)21(18)8-9-23-4/h6-7,10H,8-9,11H2,1-5H3,(H,20,22). The van der Waals surface area contributed by atoms with Crippen molar-refractivity contribution in [2.75, 3.05) is 31.9 Å². The molecule has 0 saturated heterocycles. The minimum atomic E-state index is -0.0921. The zero-order chi connectivity index (χ0) is 18.4. The summed E-state index contributed by atoms with van der Waals surface area (Å²) in [4.78, 5) is 16.9. The molecule has 0 radical (unpaired) electrons. The van der Waals surface area contributed by atoms with E-state index in [0.29, 0.717) is 18.0 Å². The van der Waals surface area contributed by atoms with E-state index >= 15 is 0 Å². The first-order valence-corrected chi connectivity index (χ1v) is 9.04. The van der Waals surface area contributed by atoms with Gasteiger partial charge in [-0.25, -0.2) is 4.98 Å². The van der Waals surface area contributed by atoms with Gasteiger partial charge in [0.15, 0.2) is 5.16 Å². The summed E-state index contributed by atoms with van der Waals surface area (Å²) in [5, 5.41) is 3.74. The number of aromatic nitrogens is 2. The first-order chi connectivity index (χ1) is 12.0. The number of methoxy groups -OCH3 is 2. The minimum absolute atomic E-state index is 0.0921. The Balaban J connectivity index is 2.03. The second-order valence-electron chi connectivity index (χ2n) is 5.75. The smallest absolute Gasteiger partial charge is 0.234 e. The largest absolute Gasteiger partial charge is 0.495 e. The fourth-order valence-corrected chi connectivity index (χ4v) is 3.33.